The zero-order valence-corrected chi connectivity index (χ0v) is 17.4. The minimum atomic E-state index is -0.917. The van der Waals surface area contributed by atoms with Gasteiger partial charge in [-0.05, 0) is 42.6 Å². The van der Waals surface area contributed by atoms with Crippen LogP contribution in [-0.4, -0.2) is 27.7 Å². The van der Waals surface area contributed by atoms with E-state index in [0.717, 1.165) is 18.4 Å². The van der Waals surface area contributed by atoms with Crippen molar-refractivity contribution in [1.29, 1.82) is 0 Å². The van der Waals surface area contributed by atoms with E-state index in [9.17, 15) is 30.3 Å². The van der Waals surface area contributed by atoms with Gasteiger partial charge in [-0.1, -0.05) is 0 Å². The van der Waals surface area contributed by atoms with Gasteiger partial charge in [0, 0.05) is 24.6 Å². The molecule has 0 atom stereocenters. The predicted octanol–water partition coefficient (Wildman–Crippen LogP) is 4.01. The summed E-state index contributed by atoms with van der Waals surface area (Å²) in [6.45, 7) is 4.84. The Hall–Kier alpha value is -3.79. The minimum absolute atomic E-state index is 0.0101. The molecule has 0 aliphatic heterocycles. The van der Waals surface area contributed by atoms with E-state index in [1.54, 1.807) is 26.8 Å². The highest BCUT2D eigenvalue weighted by molar-refractivity contribution is 6.31. The molecule has 2 aromatic heterocycles. The second-order valence-corrected chi connectivity index (χ2v) is 6.98. The average molecular weight is 449 g/mol. The van der Waals surface area contributed by atoms with Crippen molar-refractivity contribution in [1.82, 2.24) is 0 Å². The molecule has 2 N–H and O–H groups in total. The molecule has 3 aromatic rings. The Morgan fingerprint density at radius 1 is 1.29 bits per heavy atom. The summed E-state index contributed by atoms with van der Waals surface area (Å²) in [5, 5.41) is 43.0. The molecule has 0 unspecified atom stereocenters. The number of nitro groups is 1. The number of carbonyl (C=O) groups is 1. The number of nitro benzene ring substituents is 1. The monoisotopic (exact) mass is 448 g/mol. The smallest absolute Gasteiger partial charge is 0.342 e. The highest BCUT2D eigenvalue weighted by atomic mass is 35.5. The zero-order valence-electron chi connectivity index (χ0n) is 16.6. The largest absolute Gasteiger partial charge is 0.617 e. The standard InChI is InChI=1S/C20H17ClN2O8/c1-4-30-20(26)16-12(11-6-13(23(28)29)17(25)14(24)7-11)8-31-18(16)15-9(2)5-10(3)22(27)19(15)21/h5-8,24-25H,4H2,1-3H3. The molecule has 0 aliphatic rings. The molecule has 3 rings (SSSR count). The first-order valence-corrected chi connectivity index (χ1v) is 9.35. The fraction of sp³-hybridized carbons (Fsp3) is 0.200. The third-order valence-electron chi connectivity index (χ3n) is 4.60. The van der Waals surface area contributed by atoms with Crippen LogP contribution in [0, 0.1) is 29.2 Å². The molecule has 0 amide bonds. The minimum Gasteiger partial charge on any atom is -0.617 e. The van der Waals surface area contributed by atoms with E-state index in [1.165, 1.54) is 0 Å². The number of benzene rings is 1. The first-order chi connectivity index (χ1) is 14.6. The van der Waals surface area contributed by atoms with Crippen molar-refractivity contribution in [2.45, 2.75) is 20.8 Å². The van der Waals surface area contributed by atoms with Gasteiger partial charge in [-0.2, -0.15) is 4.73 Å². The SMILES string of the molecule is CCOC(=O)c1c(-c2cc(O)c(O)c([N+](=O)[O-])c2)coc1-c1c(C)cc(C)[n+]([O-])c1Cl. The lowest BCUT2D eigenvalue weighted by molar-refractivity contribution is -0.609. The summed E-state index contributed by atoms with van der Waals surface area (Å²) in [5.74, 6) is -2.58. The highest BCUT2D eigenvalue weighted by Crippen LogP contribution is 2.43. The van der Waals surface area contributed by atoms with E-state index in [4.69, 9.17) is 20.8 Å². The summed E-state index contributed by atoms with van der Waals surface area (Å²) in [6.07, 6.45) is 1.13. The van der Waals surface area contributed by atoms with Crippen molar-refractivity contribution in [2.24, 2.45) is 0 Å². The van der Waals surface area contributed by atoms with Crippen molar-refractivity contribution < 1.29 is 33.8 Å². The lowest BCUT2D eigenvalue weighted by Crippen LogP contribution is -2.32. The summed E-state index contributed by atoms with van der Waals surface area (Å²) >= 11 is 6.24. The third kappa shape index (κ3) is 3.73. The number of halogens is 1. The number of aromatic hydroxyl groups is 2. The quantitative estimate of drug-likeness (QED) is 0.113. The molecule has 0 bridgehead atoms. The number of rotatable bonds is 5. The van der Waals surface area contributed by atoms with Gasteiger partial charge in [0.15, 0.2) is 17.2 Å². The molecule has 0 spiro atoms. The number of phenolic OH excluding ortho intramolecular Hbond substituents is 2. The van der Waals surface area contributed by atoms with Crippen molar-refractivity contribution in [3.05, 3.63) is 61.8 Å². The summed E-state index contributed by atoms with van der Waals surface area (Å²) in [5.41, 5.74) is 0.158. The summed E-state index contributed by atoms with van der Waals surface area (Å²) in [7, 11) is 0. The molecule has 11 heteroatoms. The Morgan fingerprint density at radius 3 is 2.58 bits per heavy atom. The average Bonchev–Trinajstić information content (AvgIpc) is 3.13. The maximum atomic E-state index is 12.8. The van der Waals surface area contributed by atoms with Gasteiger partial charge < -0.3 is 24.6 Å². The van der Waals surface area contributed by atoms with Gasteiger partial charge in [0.05, 0.1) is 17.8 Å². The molecule has 31 heavy (non-hydrogen) atoms. The van der Waals surface area contributed by atoms with Gasteiger partial charge in [0.2, 0.25) is 5.75 Å². The second-order valence-electron chi connectivity index (χ2n) is 6.62. The van der Waals surface area contributed by atoms with Crippen LogP contribution >= 0.6 is 11.6 Å². The number of pyridine rings is 1. The Labute approximate surface area is 180 Å². The van der Waals surface area contributed by atoms with Crippen LogP contribution in [0.15, 0.2) is 28.9 Å². The van der Waals surface area contributed by atoms with Crippen LogP contribution in [0.3, 0.4) is 0 Å². The lowest BCUT2D eigenvalue weighted by Gasteiger charge is -2.11. The van der Waals surface area contributed by atoms with Gasteiger partial charge in [-0.3, -0.25) is 10.1 Å². The number of phenols is 2. The van der Waals surface area contributed by atoms with E-state index in [1.807, 2.05) is 0 Å². The number of aryl methyl sites for hydroxylation is 2. The number of hydrogen-bond donors (Lipinski definition) is 2. The van der Waals surface area contributed by atoms with Crippen molar-refractivity contribution in [3.63, 3.8) is 0 Å². The molecule has 0 radical (unpaired) electrons. The summed E-state index contributed by atoms with van der Waals surface area (Å²) in [4.78, 5) is 23.1. The lowest BCUT2D eigenvalue weighted by atomic mass is 9.98. The Kier molecular flexibility index (Phi) is 5.76. The third-order valence-corrected chi connectivity index (χ3v) is 4.94. The molecule has 10 nitrogen and oxygen atoms in total. The van der Waals surface area contributed by atoms with Crippen LogP contribution in [0.1, 0.15) is 28.5 Å². The van der Waals surface area contributed by atoms with Crippen LogP contribution < -0.4 is 4.73 Å². The Morgan fingerprint density at radius 2 is 1.97 bits per heavy atom. The molecule has 162 valence electrons. The second kappa shape index (κ2) is 8.15. The van der Waals surface area contributed by atoms with Gasteiger partial charge in [-0.25, -0.2) is 4.79 Å². The van der Waals surface area contributed by atoms with E-state index in [0.29, 0.717) is 16.0 Å². The number of ether oxygens (including phenoxy) is 1. The highest BCUT2D eigenvalue weighted by Gasteiger charge is 2.31. The Balaban J connectivity index is 2.35. The molecule has 0 saturated heterocycles. The first-order valence-electron chi connectivity index (χ1n) is 8.97. The fourth-order valence-corrected chi connectivity index (χ4v) is 3.56. The van der Waals surface area contributed by atoms with Gasteiger partial charge in [-0.15, -0.1) is 0 Å². The molecule has 1 aromatic carbocycles. The fourth-order valence-electron chi connectivity index (χ4n) is 3.20. The van der Waals surface area contributed by atoms with E-state index in [2.05, 4.69) is 0 Å². The number of nitrogens with zero attached hydrogens (tertiary/aromatic N) is 2. The van der Waals surface area contributed by atoms with Gasteiger partial charge in [0.25, 0.3) is 5.15 Å². The molecule has 2 heterocycles. The number of furan rings is 1. The normalized spacial score (nSPS) is 10.8. The molecule has 0 saturated carbocycles. The maximum Gasteiger partial charge on any atom is 0.342 e. The van der Waals surface area contributed by atoms with Gasteiger partial charge >= 0.3 is 11.7 Å². The van der Waals surface area contributed by atoms with Crippen LogP contribution in [0.4, 0.5) is 5.69 Å². The molecular weight excluding hydrogens is 432 g/mol. The molecular formula is C20H17ClN2O8. The molecule has 0 aliphatic carbocycles. The van der Waals surface area contributed by atoms with Crippen LogP contribution in [-0.2, 0) is 4.74 Å². The van der Waals surface area contributed by atoms with Crippen molar-refractivity contribution >= 4 is 23.3 Å². The maximum absolute atomic E-state index is 12.8. The van der Waals surface area contributed by atoms with E-state index >= 15 is 0 Å². The molecule has 0 fully saturated rings. The topological polar surface area (TPSA) is 150 Å². The number of carbonyl (C=O) groups excluding carboxylic acids is 1. The zero-order chi connectivity index (χ0) is 23.0. The van der Waals surface area contributed by atoms with E-state index in [-0.39, 0.29) is 39.8 Å². The van der Waals surface area contributed by atoms with Crippen LogP contribution in [0.25, 0.3) is 22.5 Å². The van der Waals surface area contributed by atoms with Gasteiger partial charge in [0.1, 0.15) is 11.1 Å². The van der Waals surface area contributed by atoms with Crippen LogP contribution in [0.5, 0.6) is 11.5 Å². The van der Waals surface area contributed by atoms with Crippen molar-refractivity contribution in [3.8, 4) is 33.9 Å². The predicted molar refractivity (Wildman–Crippen MR) is 109 cm³/mol. The number of esters is 1. The summed E-state index contributed by atoms with van der Waals surface area (Å²) < 4.78 is 11.2. The van der Waals surface area contributed by atoms with Crippen molar-refractivity contribution in [2.75, 3.05) is 6.61 Å². The number of hydrogen-bond acceptors (Lipinski definition) is 8. The van der Waals surface area contributed by atoms with Crippen LogP contribution in [0.2, 0.25) is 5.15 Å². The van der Waals surface area contributed by atoms with E-state index < -0.39 is 28.1 Å². The number of aromatic nitrogens is 1. The first kappa shape index (κ1) is 21.9. The summed E-state index contributed by atoms with van der Waals surface area (Å²) in [6, 6.07) is 3.57. The Bertz CT molecular complexity index is 1220.